The van der Waals surface area contributed by atoms with Gasteiger partial charge in [-0.25, -0.2) is 4.98 Å². The fourth-order valence-electron chi connectivity index (χ4n) is 2.42. The molecule has 0 spiro atoms. The molecule has 1 heterocycles. The van der Waals surface area contributed by atoms with Gasteiger partial charge in [0.1, 0.15) is 12.2 Å². The molecule has 1 aliphatic carbocycles. The van der Waals surface area contributed by atoms with Gasteiger partial charge in [0.05, 0.1) is 11.5 Å². The van der Waals surface area contributed by atoms with Crippen LogP contribution in [0.15, 0.2) is 6.33 Å². The van der Waals surface area contributed by atoms with E-state index in [0.29, 0.717) is 12.4 Å². The Bertz CT molecular complexity index is 369. The van der Waals surface area contributed by atoms with Gasteiger partial charge in [-0.1, -0.05) is 12.8 Å². The first kappa shape index (κ1) is 12.0. The van der Waals surface area contributed by atoms with E-state index in [1.807, 2.05) is 6.92 Å². The molecular formula is C11H19N5O. The minimum Gasteiger partial charge on any atom is -0.346 e. The monoisotopic (exact) mass is 237 g/mol. The summed E-state index contributed by atoms with van der Waals surface area (Å²) in [6.07, 6.45) is 5.38. The van der Waals surface area contributed by atoms with E-state index in [0.717, 1.165) is 25.7 Å². The molecule has 6 heteroatoms. The molecule has 0 aliphatic heterocycles. The van der Waals surface area contributed by atoms with Crippen molar-refractivity contribution in [3.8, 4) is 0 Å². The Balaban J connectivity index is 2.01. The van der Waals surface area contributed by atoms with Crippen molar-refractivity contribution in [3.05, 3.63) is 12.2 Å². The predicted molar refractivity (Wildman–Crippen MR) is 62.9 cm³/mol. The molecule has 0 bridgehead atoms. The highest BCUT2D eigenvalue weighted by atomic mass is 16.2. The van der Waals surface area contributed by atoms with E-state index in [9.17, 15) is 4.79 Å². The van der Waals surface area contributed by atoms with E-state index in [-0.39, 0.29) is 17.4 Å². The van der Waals surface area contributed by atoms with Crippen LogP contribution in [-0.2, 0) is 4.79 Å². The van der Waals surface area contributed by atoms with Crippen molar-refractivity contribution < 1.29 is 4.79 Å². The van der Waals surface area contributed by atoms with Crippen LogP contribution in [0.1, 0.15) is 44.5 Å². The zero-order chi connectivity index (χ0) is 12.3. The Morgan fingerprint density at radius 2 is 2.35 bits per heavy atom. The van der Waals surface area contributed by atoms with Crippen LogP contribution in [0.3, 0.4) is 0 Å². The second-order valence-corrected chi connectivity index (χ2v) is 4.76. The molecule has 94 valence electrons. The smallest absolute Gasteiger partial charge is 0.228 e. The molecule has 1 amide bonds. The summed E-state index contributed by atoms with van der Waals surface area (Å²) in [5, 5.41) is 9.49. The number of nitrogens with one attached hydrogen (secondary N) is 2. The lowest BCUT2D eigenvalue weighted by molar-refractivity contribution is -0.131. The molecule has 0 aromatic carbocycles. The highest BCUT2D eigenvalue weighted by Gasteiger charge is 2.40. The summed E-state index contributed by atoms with van der Waals surface area (Å²) in [5.41, 5.74) is 5.40. The maximum Gasteiger partial charge on any atom is 0.228 e. The van der Waals surface area contributed by atoms with E-state index in [1.165, 1.54) is 6.33 Å². The molecule has 1 aromatic heterocycles. The van der Waals surface area contributed by atoms with Crippen LogP contribution in [0, 0.1) is 5.41 Å². The molecular weight excluding hydrogens is 218 g/mol. The molecule has 1 saturated carbocycles. The van der Waals surface area contributed by atoms with Gasteiger partial charge in [-0.05, 0) is 19.8 Å². The van der Waals surface area contributed by atoms with Crippen molar-refractivity contribution in [2.75, 3.05) is 6.54 Å². The second-order valence-electron chi connectivity index (χ2n) is 4.76. The quantitative estimate of drug-likeness (QED) is 0.710. The summed E-state index contributed by atoms with van der Waals surface area (Å²) in [5.74, 6) is 0.713. The third-order valence-electron chi connectivity index (χ3n) is 3.62. The lowest BCUT2D eigenvalue weighted by Crippen LogP contribution is -2.45. The van der Waals surface area contributed by atoms with Crippen LogP contribution in [0.4, 0.5) is 0 Å². The molecule has 0 saturated heterocycles. The maximum absolute atomic E-state index is 12.3. The summed E-state index contributed by atoms with van der Waals surface area (Å²) in [7, 11) is 0. The lowest BCUT2D eigenvalue weighted by atomic mass is 9.85. The standard InChI is InChI=1S/C11H19N5O/c1-8(9-13-7-14-16-9)15-10(17)11(6-12)4-2-3-5-11/h7-8H,2-6,12H2,1H3,(H,15,17)(H,13,14,16). The molecule has 0 radical (unpaired) electrons. The number of aromatic nitrogens is 3. The van der Waals surface area contributed by atoms with Crippen LogP contribution in [-0.4, -0.2) is 27.6 Å². The lowest BCUT2D eigenvalue weighted by Gasteiger charge is -2.27. The molecule has 1 atom stereocenters. The van der Waals surface area contributed by atoms with Gasteiger partial charge >= 0.3 is 0 Å². The van der Waals surface area contributed by atoms with Crippen molar-refractivity contribution >= 4 is 5.91 Å². The number of rotatable bonds is 4. The van der Waals surface area contributed by atoms with E-state index in [1.54, 1.807) is 0 Å². The van der Waals surface area contributed by atoms with Crippen LogP contribution < -0.4 is 11.1 Å². The molecule has 1 aliphatic rings. The Kier molecular flexibility index (Phi) is 3.42. The SMILES string of the molecule is CC(NC(=O)C1(CN)CCCC1)c1ncn[nH]1. The molecule has 1 unspecified atom stereocenters. The van der Waals surface area contributed by atoms with Crippen LogP contribution in [0.2, 0.25) is 0 Å². The minimum atomic E-state index is -0.367. The van der Waals surface area contributed by atoms with E-state index < -0.39 is 0 Å². The molecule has 1 fully saturated rings. The van der Waals surface area contributed by atoms with Crippen LogP contribution in [0.25, 0.3) is 0 Å². The highest BCUT2D eigenvalue weighted by Crippen LogP contribution is 2.37. The predicted octanol–water partition coefficient (Wildman–Crippen LogP) is 0.501. The Morgan fingerprint density at radius 1 is 1.65 bits per heavy atom. The maximum atomic E-state index is 12.3. The minimum absolute atomic E-state index is 0.0430. The van der Waals surface area contributed by atoms with Crippen molar-refractivity contribution in [2.45, 2.75) is 38.6 Å². The van der Waals surface area contributed by atoms with Crippen molar-refractivity contribution in [2.24, 2.45) is 11.1 Å². The summed E-state index contributed by atoms with van der Waals surface area (Å²) in [4.78, 5) is 16.3. The van der Waals surface area contributed by atoms with Crippen LogP contribution in [0.5, 0.6) is 0 Å². The van der Waals surface area contributed by atoms with E-state index in [4.69, 9.17) is 5.73 Å². The van der Waals surface area contributed by atoms with Gasteiger partial charge in [0, 0.05) is 6.54 Å². The highest BCUT2D eigenvalue weighted by molar-refractivity contribution is 5.83. The van der Waals surface area contributed by atoms with E-state index >= 15 is 0 Å². The van der Waals surface area contributed by atoms with E-state index in [2.05, 4.69) is 20.5 Å². The van der Waals surface area contributed by atoms with Gasteiger partial charge in [-0.2, -0.15) is 5.10 Å². The number of amides is 1. The normalized spacial score (nSPS) is 20.1. The number of aromatic amines is 1. The number of nitrogens with zero attached hydrogens (tertiary/aromatic N) is 2. The van der Waals surface area contributed by atoms with Crippen molar-refractivity contribution in [1.82, 2.24) is 20.5 Å². The molecule has 1 aromatic rings. The molecule has 4 N–H and O–H groups in total. The Labute approximate surface area is 100 Å². The summed E-state index contributed by atoms with van der Waals surface area (Å²) in [6, 6.07) is -0.158. The molecule has 2 rings (SSSR count). The Morgan fingerprint density at radius 3 is 2.88 bits per heavy atom. The first-order valence-electron chi connectivity index (χ1n) is 6.04. The summed E-state index contributed by atoms with van der Waals surface area (Å²) >= 11 is 0. The van der Waals surface area contributed by atoms with Gasteiger partial charge < -0.3 is 11.1 Å². The number of hydrogen-bond acceptors (Lipinski definition) is 4. The second kappa shape index (κ2) is 4.83. The van der Waals surface area contributed by atoms with Crippen LogP contribution >= 0.6 is 0 Å². The number of carbonyl (C=O) groups is 1. The third kappa shape index (κ3) is 2.31. The van der Waals surface area contributed by atoms with Gasteiger partial charge in [0.25, 0.3) is 0 Å². The fraction of sp³-hybridized carbons (Fsp3) is 0.727. The molecule has 17 heavy (non-hydrogen) atoms. The zero-order valence-corrected chi connectivity index (χ0v) is 10.1. The first-order valence-corrected chi connectivity index (χ1v) is 6.04. The number of carbonyl (C=O) groups excluding carboxylic acids is 1. The van der Waals surface area contributed by atoms with Gasteiger partial charge in [-0.15, -0.1) is 0 Å². The summed E-state index contributed by atoms with van der Waals surface area (Å²) in [6.45, 7) is 2.31. The number of nitrogens with two attached hydrogens (primary N) is 1. The average molecular weight is 237 g/mol. The largest absolute Gasteiger partial charge is 0.346 e. The first-order chi connectivity index (χ1) is 8.18. The number of H-pyrrole nitrogens is 1. The average Bonchev–Trinajstić information content (AvgIpc) is 3.01. The third-order valence-corrected chi connectivity index (χ3v) is 3.62. The Hall–Kier alpha value is -1.43. The zero-order valence-electron chi connectivity index (χ0n) is 10.1. The molecule has 6 nitrogen and oxygen atoms in total. The van der Waals surface area contributed by atoms with Crippen molar-refractivity contribution in [1.29, 1.82) is 0 Å². The fourth-order valence-corrected chi connectivity index (χ4v) is 2.42. The van der Waals surface area contributed by atoms with Gasteiger partial charge in [-0.3, -0.25) is 9.89 Å². The van der Waals surface area contributed by atoms with Gasteiger partial charge in [0.2, 0.25) is 5.91 Å². The van der Waals surface area contributed by atoms with Gasteiger partial charge in [0.15, 0.2) is 0 Å². The van der Waals surface area contributed by atoms with Crippen molar-refractivity contribution in [3.63, 3.8) is 0 Å². The topological polar surface area (TPSA) is 96.7 Å². The summed E-state index contributed by atoms with van der Waals surface area (Å²) < 4.78 is 0. The number of hydrogen-bond donors (Lipinski definition) is 3.